The second-order valence-corrected chi connectivity index (χ2v) is 8.52. The number of imidazole rings is 1. The smallest absolute Gasteiger partial charge is 0.231 e. The number of carbonyl (C=O) groups excluding carboxylic acids is 1. The van der Waals surface area contributed by atoms with E-state index < -0.39 is 0 Å². The van der Waals surface area contributed by atoms with E-state index in [-0.39, 0.29) is 5.91 Å². The van der Waals surface area contributed by atoms with E-state index in [0.717, 1.165) is 35.2 Å². The van der Waals surface area contributed by atoms with Crippen LogP contribution in [0.3, 0.4) is 0 Å². The van der Waals surface area contributed by atoms with E-state index in [1.54, 1.807) is 12.5 Å². The van der Waals surface area contributed by atoms with Crippen molar-refractivity contribution in [3.8, 4) is 0 Å². The molecule has 0 radical (unpaired) electrons. The van der Waals surface area contributed by atoms with Crippen LogP contribution in [-0.4, -0.2) is 48.4 Å². The summed E-state index contributed by atoms with van der Waals surface area (Å²) in [6, 6.07) is 19.8. The highest BCUT2D eigenvalue weighted by molar-refractivity contribution is 5.88. The second-order valence-electron chi connectivity index (χ2n) is 8.52. The Hall–Kier alpha value is -4.53. The highest BCUT2D eigenvalue weighted by atomic mass is 16.2. The molecule has 9 heteroatoms. The van der Waals surface area contributed by atoms with E-state index in [9.17, 15) is 4.79 Å². The van der Waals surface area contributed by atoms with E-state index >= 15 is 0 Å². The van der Waals surface area contributed by atoms with Gasteiger partial charge in [0.2, 0.25) is 11.9 Å². The van der Waals surface area contributed by atoms with Crippen molar-refractivity contribution in [1.29, 1.82) is 0 Å². The van der Waals surface area contributed by atoms with Gasteiger partial charge in [-0.05, 0) is 42.8 Å². The number of para-hydroxylation sites is 1. The number of likely N-dealkylation sites (tertiary alicyclic amines) is 1. The lowest BCUT2D eigenvalue weighted by Crippen LogP contribution is -2.28. The third-order valence-corrected chi connectivity index (χ3v) is 6.14. The number of fused-ring (bicyclic) bond motifs is 2. The molecule has 5 aromatic rings. The van der Waals surface area contributed by atoms with Crippen molar-refractivity contribution in [1.82, 2.24) is 29.4 Å². The summed E-state index contributed by atoms with van der Waals surface area (Å²) in [5.74, 6) is 1.28. The Morgan fingerprint density at radius 1 is 0.886 bits per heavy atom. The van der Waals surface area contributed by atoms with Gasteiger partial charge in [-0.1, -0.05) is 24.3 Å². The third kappa shape index (κ3) is 4.35. The molecule has 3 aromatic heterocycles. The van der Waals surface area contributed by atoms with Gasteiger partial charge in [0.25, 0.3) is 0 Å². The summed E-state index contributed by atoms with van der Waals surface area (Å²) < 4.78 is 1.98. The number of amides is 1. The zero-order valence-corrected chi connectivity index (χ0v) is 19.1. The summed E-state index contributed by atoms with van der Waals surface area (Å²) in [6.45, 7) is 2.06. The lowest BCUT2D eigenvalue weighted by molar-refractivity contribution is -0.127. The Morgan fingerprint density at radius 2 is 1.80 bits per heavy atom. The number of nitrogens with one attached hydrogen (secondary N) is 2. The summed E-state index contributed by atoms with van der Waals surface area (Å²) in [4.78, 5) is 32.5. The molecule has 1 aliphatic rings. The van der Waals surface area contributed by atoms with Gasteiger partial charge in [-0.25, -0.2) is 4.98 Å². The Balaban J connectivity index is 1.36. The number of anilines is 4. The first-order valence-electron chi connectivity index (χ1n) is 11.7. The molecule has 1 aliphatic heterocycles. The van der Waals surface area contributed by atoms with Gasteiger partial charge in [-0.2, -0.15) is 9.97 Å². The fraction of sp³-hybridized carbons (Fsp3) is 0.192. The Morgan fingerprint density at radius 3 is 2.66 bits per heavy atom. The lowest BCUT2D eigenvalue weighted by Gasteiger charge is -2.16. The highest BCUT2D eigenvalue weighted by Crippen LogP contribution is 2.27. The Bertz CT molecular complexity index is 1510. The molecule has 0 bridgehead atoms. The normalized spacial score (nSPS) is 13.6. The summed E-state index contributed by atoms with van der Waals surface area (Å²) in [7, 11) is 0. The van der Waals surface area contributed by atoms with E-state index in [1.165, 1.54) is 0 Å². The first-order chi connectivity index (χ1) is 17.2. The molecule has 1 saturated heterocycles. The van der Waals surface area contributed by atoms with E-state index in [0.29, 0.717) is 42.4 Å². The van der Waals surface area contributed by atoms with E-state index in [2.05, 4.69) is 20.6 Å². The van der Waals surface area contributed by atoms with Crippen LogP contribution >= 0.6 is 0 Å². The fourth-order valence-electron chi connectivity index (χ4n) is 4.36. The van der Waals surface area contributed by atoms with Crippen LogP contribution in [0.25, 0.3) is 22.1 Å². The molecule has 1 fully saturated rings. The van der Waals surface area contributed by atoms with E-state index in [4.69, 9.17) is 9.97 Å². The van der Waals surface area contributed by atoms with Gasteiger partial charge < -0.3 is 20.1 Å². The van der Waals surface area contributed by atoms with E-state index in [1.807, 2.05) is 70.1 Å². The third-order valence-electron chi connectivity index (χ3n) is 6.14. The first-order valence-corrected chi connectivity index (χ1v) is 11.7. The van der Waals surface area contributed by atoms with Gasteiger partial charge in [-0.3, -0.25) is 9.78 Å². The molecule has 2 N–H and O–H groups in total. The molecular formula is C26H24N8O. The standard InChI is InChI=1S/C26H24N8O/c35-22-9-5-13-33(22)14-15-34-17-28-23-24(29-19-7-2-1-3-8-19)31-26(32-25(23)34)30-20-10-11-21-18(16-20)6-4-12-27-21/h1-4,6-8,10-12,16-17H,5,9,13-15H2,(H2,29,30,31,32). The van der Waals surface area contributed by atoms with Crippen LogP contribution in [0.2, 0.25) is 0 Å². The fourth-order valence-corrected chi connectivity index (χ4v) is 4.36. The van der Waals surface area contributed by atoms with Crippen molar-refractivity contribution >= 4 is 51.1 Å². The summed E-state index contributed by atoms with van der Waals surface area (Å²) in [6.07, 6.45) is 5.10. The largest absolute Gasteiger partial charge is 0.341 e. The average molecular weight is 465 g/mol. The van der Waals surface area contributed by atoms with Crippen LogP contribution in [0.4, 0.5) is 23.1 Å². The minimum absolute atomic E-state index is 0.212. The minimum atomic E-state index is 0.212. The van der Waals surface area contributed by atoms with Crippen LogP contribution in [0.1, 0.15) is 12.8 Å². The predicted molar refractivity (Wildman–Crippen MR) is 136 cm³/mol. The molecule has 9 nitrogen and oxygen atoms in total. The molecule has 0 aliphatic carbocycles. The number of benzene rings is 2. The van der Waals surface area contributed by atoms with Crippen molar-refractivity contribution < 1.29 is 4.79 Å². The lowest BCUT2D eigenvalue weighted by atomic mass is 10.2. The maximum Gasteiger partial charge on any atom is 0.231 e. The molecule has 35 heavy (non-hydrogen) atoms. The molecule has 1 amide bonds. The van der Waals surface area contributed by atoms with Crippen LogP contribution in [0.15, 0.2) is 73.2 Å². The number of pyridine rings is 1. The number of hydrogen-bond donors (Lipinski definition) is 2. The molecule has 4 heterocycles. The van der Waals surface area contributed by atoms with Gasteiger partial charge in [0.15, 0.2) is 17.0 Å². The van der Waals surface area contributed by atoms with Gasteiger partial charge in [0.05, 0.1) is 11.8 Å². The van der Waals surface area contributed by atoms with Gasteiger partial charge in [-0.15, -0.1) is 0 Å². The average Bonchev–Trinajstić information content (AvgIpc) is 3.49. The van der Waals surface area contributed by atoms with Crippen molar-refractivity contribution in [2.75, 3.05) is 23.7 Å². The molecular weight excluding hydrogens is 440 g/mol. The predicted octanol–water partition coefficient (Wildman–Crippen LogP) is 4.48. The summed E-state index contributed by atoms with van der Waals surface area (Å²) in [5.41, 5.74) is 4.08. The van der Waals surface area contributed by atoms with Crippen LogP contribution < -0.4 is 10.6 Å². The summed E-state index contributed by atoms with van der Waals surface area (Å²) in [5, 5.41) is 7.75. The zero-order valence-electron chi connectivity index (χ0n) is 19.1. The number of aromatic nitrogens is 5. The van der Waals surface area contributed by atoms with Gasteiger partial charge in [0, 0.05) is 49.0 Å². The quantitative estimate of drug-likeness (QED) is 0.366. The SMILES string of the molecule is O=C1CCCN1CCn1cnc2c(Nc3ccccc3)nc(Nc3ccc4ncccc4c3)nc21. The van der Waals surface area contributed by atoms with Crippen LogP contribution in [0, 0.1) is 0 Å². The van der Waals surface area contributed by atoms with Gasteiger partial charge in [0.1, 0.15) is 0 Å². The molecule has 6 rings (SSSR count). The highest BCUT2D eigenvalue weighted by Gasteiger charge is 2.20. The summed E-state index contributed by atoms with van der Waals surface area (Å²) >= 11 is 0. The van der Waals surface area contributed by atoms with Crippen LogP contribution in [-0.2, 0) is 11.3 Å². The molecule has 0 saturated carbocycles. The molecule has 2 aromatic carbocycles. The number of rotatable bonds is 7. The van der Waals surface area contributed by atoms with Crippen molar-refractivity contribution in [3.05, 3.63) is 73.2 Å². The Kier molecular flexibility index (Phi) is 5.42. The second kappa shape index (κ2) is 9.02. The molecule has 174 valence electrons. The molecule has 0 unspecified atom stereocenters. The number of hydrogen-bond acceptors (Lipinski definition) is 7. The maximum absolute atomic E-state index is 12.1. The van der Waals surface area contributed by atoms with Gasteiger partial charge >= 0.3 is 0 Å². The number of nitrogens with zero attached hydrogens (tertiary/aromatic N) is 6. The zero-order chi connectivity index (χ0) is 23.6. The van der Waals surface area contributed by atoms with Crippen molar-refractivity contribution in [3.63, 3.8) is 0 Å². The van der Waals surface area contributed by atoms with Crippen molar-refractivity contribution in [2.45, 2.75) is 19.4 Å². The maximum atomic E-state index is 12.1. The first kappa shape index (κ1) is 21.0. The molecule has 0 spiro atoms. The monoisotopic (exact) mass is 464 g/mol. The number of carbonyl (C=O) groups is 1. The molecule has 0 atom stereocenters. The minimum Gasteiger partial charge on any atom is -0.341 e. The van der Waals surface area contributed by atoms with Crippen LogP contribution in [0.5, 0.6) is 0 Å². The van der Waals surface area contributed by atoms with Crippen molar-refractivity contribution in [2.24, 2.45) is 0 Å². The topological polar surface area (TPSA) is 101 Å². The Labute approximate surface area is 201 Å².